The van der Waals surface area contributed by atoms with Crippen molar-refractivity contribution in [2.75, 3.05) is 18.0 Å². The summed E-state index contributed by atoms with van der Waals surface area (Å²) in [6.45, 7) is 1.27. The average Bonchev–Trinajstić information content (AvgIpc) is 2.69. The second-order valence-electron chi connectivity index (χ2n) is 6.21. The molecule has 26 heavy (non-hydrogen) atoms. The van der Waals surface area contributed by atoms with E-state index >= 15 is 0 Å². The third-order valence-electron chi connectivity index (χ3n) is 4.42. The number of hydrogen-bond donors (Lipinski definition) is 0. The van der Waals surface area contributed by atoms with E-state index in [1.165, 1.54) is 12.1 Å². The number of halogens is 1. The summed E-state index contributed by atoms with van der Waals surface area (Å²) >= 11 is 0. The standard InChI is InChI=1S/C20H17FN4O/c21-16-3-1-2-15(12-16)20-23-18(14-4-8-22-9-5-14)13-19(24-20)25-10-6-17(26)7-11-25/h1-5,8-9,12-13H,6-7,10-11H2. The summed E-state index contributed by atoms with van der Waals surface area (Å²) in [4.78, 5) is 26.9. The van der Waals surface area contributed by atoms with Crippen LogP contribution in [0.4, 0.5) is 10.2 Å². The zero-order valence-corrected chi connectivity index (χ0v) is 14.1. The Balaban J connectivity index is 1.80. The lowest BCUT2D eigenvalue weighted by molar-refractivity contribution is -0.119. The number of anilines is 1. The predicted molar refractivity (Wildman–Crippen MR) is 97.1 cm³/mol. The first-order valence-electron chi connectivity index (χ1n) is 8.51. The van der Waals surface area contributed by atoms with Gasteiger partial charge in [0.1, 0.15) is 17.4 Å². The van der Waals surface area contributed by atoms with E-state index in [9.17, 15) is 9.18 Å². The number of nitrogens with zero attached hydrogens (tertiary/aromatic N) is 4. The summed E-state index contributed by atoms with van der Waals surface area (Å²) in [5.74, 6) is 1.16. The Bertz CT molecular complexity index is 936. The minimum Gasteiger partial charge on any atom is -0.356 e. The fourth-order valence-electron chi connectivity index (χ4n) is 3.01. The van der Waals surface area contributed by atoms with E-state index in [0.717, 1.165) is 17.1 Å². The molecule has 5 nitrogen and oxygen atoms in total. The Morgan fingerprint density at radius 2 is 1.69 bits per heavy atom. The van der Waals surface area contributed by atoms with Crippen LogP contribution in [0.25, 0.3) is 22.6 Å². The SMILES string of the molecule is O=C1CCN(c2cc(-c3ccncc3)nc(-c3cccc(F)c3)n2)CC1. The molecule has 0 saturated carbocycles. The van der Waals surface area contributed by atoms with Gasteiger partial charge in [-0.1, -0.05) is 12.1 Å². The fourth-order valence-corrected chi connectivity index (χ4v) is 3.01. The van der Waals surface area contributed by atoms with Gasteiger partial charge < -0.3 is 4.90 Å². The minimum atomic E-state index is -0.328. The van der Waals surface area contributed by atoms with E-state index in [4.69, 9.17) is 0 Å². The van der Waals surface area contributed by atoms with Gasteiger partial charge in [-0.15, -0.1) is 0 Å². The van der Waals surface area contributed by atoms with Gasteiger partial charge in [0.2, 0.25) is 0 Å². The molecule has 6 heteroatoms. The maximum atomic E-state index is 13.7. The molecule has 1 fully saturated rings. The number of hydrogen-bond acceptors (Lipinski definition) is 5. The van der Waals surface area contributed by atoms with Crippen LogP contribution in [0.5, 0.6) is 0 Å². The molecular formula is C20H17FN4O. The zero-order valence-electron chi connectivity index (χ0n) is 14.1. The Morgan fingerprint density at radius 1 is 0.923 bits per heavy atom. The number of benzene rings is 1. The van der Waals surface area contributed by atoms with E-state index in [-0.39, 0.29) is 11.6 Å². The van der Waals surface area contributed by atoms with Gasteiger partial charge in [-0.05, 0) is 24.3 Å². The smallest absolute Gasteiger partial charge is 0.162 e. The van der Waals surface area contributed by atoms with Crippen LogP contribution < -0.4 is 4.90 Å². The molecule has 0 radical (unpaired) electrons. The Kier molecular flexibility index (Phi) is 4.39. The summed E-state index contributed by atoms with van der Waals surface area (Å²) in [7, 11) is 0. The highest BCUT2D eigenvalue weighted by Gasteiger charge is 2.19. The van der Waals surface area contributed by atoms with Gasteiger partial charge in [0, 0.05) is 55.5 Å². The van der Waals surface area contributed by atoms with Crippen molar-refractivity contribution in [1.82, 2.24) is 15.0 Å². The zero-order chi connectivity index (χ0) is 17.9. The molecule has 0 N–H and O–H groups in total. The second kappa shape index (κ2) is 7.00. The second-order valence-corrected chi connectivity index (χ2v) is 6.21. The Labute approximate surface area is 150 Å². The quantitative estimate of drug-likeness (QED) is 0.725. The molecule has 0 bridgehead atoms. The molecule has 1 aromatic carbocycles. The van der Waals surface area contributed by atoms with E-state index in [2.05, 4.69) is 19.9 Å². The van der Waals surface area contributed by atoms with E-state index in [1.54, 1.807) is 24.5 Å². The van der Waals surface area contributed by atoms with E-state index in [1.807, 2.05) is 18.2 Å². The topological polar surface area (TPSA) is 59.0 Å². The third kappa shape index (κ3) is 3.44. The molecule has 0 atom stereocenters. The first-order chi connectivity index (χ1) is 12.7. The number of ketones is 1. The molecular weight excluding hydrogens is 331 g/mol. The Morgan fingerprint density at radius 3 is 2.42 bits per heavy atom. The third-order valence-corrected chi connectivity index (χ3v) is 4.42. The normalized spacial score (nSPS) is 14.5. The monoisotopic (exact) mass is 348 g/mol. The molecule has 0 amide bonds. The average molecular weight is 348 g/mol. The van der Waals surface area contributed by atoms with Crippen molar-refractivity contribution in [2.24, 2.45) is 0 Å². The van der Waals surface area contributed by atoms with Gasteiger partial charge in [0.25, 0.3) is 0 Å². The number of piperidine rings is 1. The molecule has 1 aliphatic rings. The minimum absolute atomic E-state index is 0.273. The first-order valence-corrected chi connectivity index (χ1v) is 8.51. The fraction of sp³-hybridized carbons (Fsp3) is 0.200. The number of rotatable bonds is 3. The van der Waals surface area contributed by atoms with Gasteiger partial charge in [-0.3, -0.25) is 9.78 Å². The van der Waals surface area contributed by atoms with Crippen molar-refractivity contribution in [2.45, 2.75) is 12.8 Å². The van der Waals surface area contributed by atoms with Crippen LogP contribution in [-0.4, -0.2) is 33.8 Å². The van der Waals surface area contributed by atoms with Crippen molar-refractivity contribution in [1.29, 1.82) is 0 Å². The lowest BCUT2D eigenvalue weighted by atomic mass is 10.1. The first kappa shape index (κ1) is 16.3. The summed E-state index contributed by atoms with van der Waals surface area (Å²) in [5, 5.41) is 0. The van der Waals surface area contributed by atoms with Crippen LogP contribution >= 0.6 is 0 Å². The number of carbonyl (C=O) groups is 1. The van der Waals surface area contributed by atoms with Crippen LogP contribution in [0.3, 0.4) is 0 Å². The molecule has 3 heterocycles. The highest BCUT2D eigenvalue weighted by molar-refractivity contribution is 5.81. The lowest BCUT2D eigenvalue weighted by Crippen LogP contribution is -2.34. The van der Waals surface area contributed by atoms with Crippen LogP contribution in [0, 0.1) is 5.82 Å². The molecule has 1 aliphatic heterocycles. The van der Waals surface area contributed by atoms with Crippen molar-refractivity contribution in [3.63, 3.8) is 0 Å². The molecule has 2 aromatic heterocycles. The van der Waals surface area contributed by atoms with Crippen molar-refractivity contribution in [3.8, 4) is 22.6 Å². The number of Topliss-reactive ketones (excluding diaryl/α,β-unsaturated/α-hetero) is 1. The molecule has 130 valence electrons. The van der Waals surface area contributed by atoms with Gasteiger partial charge in [0.05, 0.1) is 5.69 Å². The van der Waals surface area contributed by atoms with Crippen LogP contribution in [0.15, 0.2) is 54.9 Å². The predicted octanol–water partition coefficient (Wildman–Crippen LogP) is 3.51. The summed E-state index contributed by atoms with van der Waals surface area (Å²) in [5.41, 5.74) is 2.28. The molecule has 4 rings (SSSR count). The van der Waals surface area contributed by atoms with Crippen molar-refractivity contribution < 1.29 is 9.18 Å². The summed E-state index contributed by atoms with van der Waals surface area (Å²) in [6, 6.07) is 11.9. The van der Waals surface area contributed by atoms with E-state index < -0.39 is 0 Å². The highest BCUT2D eigenvalue weighted by atomic mass is 19.1. The lowest BCUT2D eigenvalue weighted by Gasteiger charge is -2.27. The van der Waals surface area contributed by atoms with Crippen LogP contribution in [0.2, 0.25) is 0 Å². The van der Waals surface area contributed by atoms with Gasteiger partial charge in [-0.2, -0.15) is 0 Å². The molecule has 0 spiro atoms. The van der Waals surface area contributed by atoms with E-state index in [0.29, 0.717) is 37.3 Å². The molecule has 0 aliphatic carbocycles. The maximum absolute atomic E-state index is 13.7. The summed E-state index contributed by atoms with van der Waals surface area (Å²) in [6.07, 6.45) is 4.45. The highest BCUT2D eigenvalue weighted by Crippen LogP contribution is 2.27. The van der Waals surface area contributed by atoms with Gasteiger partial charge >= 0.3 is 0 Å². The van der Waals surface area contributed by atoms with Crippen molar-refractivity contribution in [3.05, 3.63) is 60.7 Å². The number of pyridine rings is 1. The number of aromatic nitrogens is 3. The molecule has 3 aromatic rings. The van der Waals surface area contributed by atoms with Gasteiger partial charge in [-0.25, -0.2) is 14.4 Å². The molecule has 1 saturated heterocycles. The summed E-state index contributed by atoms with van der Waals surface area (Å²) < 4.78 is 13.7. The Hall–Kier alpha value is -3.15. The van der Waals surface area contributed by atoms with Crippen molar-refractivity contribution >= 4 is 11.6 Å². The van der Waals surface area contributed by atoms with Crippen LogP contribution in [0.1, 0.15) is 12.8 Å². The largest absolute Gasteiger partial charge is 0.356 e. The maximum Gasteiger partial charge on any atom is 0.162 e. The van der Waals surface area contributed by atoms with Gasteiger partial charge in [0.15, 0.2) is 5.82 Å². The number of carbonyl (C=O) groups excluding carboxylic acids is 1. The van der Waals surface area contributed by atoms with Crippen LogP contribution in [-0.2, 0) is 4.79 Å². The molecule has 0 unspecified atom stereocenters.